The van der Waals surface area contributed by atoms with Crippen molar-refractivity contribution in [3.63, 3.8) is 0 Å². The lowest BCUT2D eigenvalue weighted by atomic mass is 10.3. The average Bonchev–Trinajstić information content (AvgIpc) is 2.65. The lowest BCUT2D eigenvalue weighted by molar-refractivity contribution is -0.219. The second kappa shape index (κ2) is 6.05. The van der Waals surface area contributed by atoms with Gasteiger partial charge in [-0.05, 0) is 20.8 Å². The van der Waals surface area contributed by atoms with Gasteiger partial charge in [0.25, 0.3) is 0 Å². The maximum atomic E-state index is 8.35. The van der Waals surface area contributed by atoms with Crippen LogP contribution in [0.2, 0.25) is 0 Å². The van der Waals surface area contributed by atoms with Crippen LogP contribution in [0.1, 0.15) is 20.8 Å². The highest BCUT2D eigenvalue weighted by atomic mass is 16.8. The lowest BCUT2D eigenvalue weighted by Crippen LogP contribution is -2.42. The molecular formula is C10H19NO5. The predicted molar refractivity (Wildman–Crippen MR) is 55.7 cm³/mol. The number of hydrogen-bond acceptors (Lipinski definition) is 6. The zero-order chi connectivity index (χ0) is 12.0. The zero-order valence-electron chi connectivity index (χ0n) is 9.93. The molecule has 16 heavy (non-hydrogen) atoms. The van der Waals surface area contributed by atoms with Crippen LogP contribution in [0.4, 0.5) is 0 Å². The Labute approximate surface area is 95.3 Å². The molecule has 6 heteroatoms. The van der Waals surface area contributed by atoms with Gasteiger partial charge in [0.2, 0.25) is 0 Å². The van der Waals surface area contributed by atoms with E-state index >= 15 is 0 Å². The molecule has 1 aliphatic rings. The quantitative estimate of drug-likeness (QED) is 0.518. The van der Waals surface area contributed by atoms with Crippen LogP contribution in [0.3, 0.4) is 0 Å². The van der Waals surface area contributed by atoms with Gasteiger partial charge in [-0.15, -0.1) is 0 Å². The highest BCUT2D eigenvalue weighted by molar-refractivity contribution is 4.96. The third-order valence-corrected chi connectivity index (χ3v) is 2.21. The fraction of sp³-hybridized carbons (Fsp3) is 0.800. The molecule has 1 aliphatic heterocycles. The van der Waals surface area contributed by atoms with E-state index in [1.54, 1.807) is 0 Å². The summed E-state index contributed by atoms with van der Waals surface area (Å²) in [6.07, 6.45) is 1.89. The number of ether oxygens (including phenoxy) is 4. The van der Waals surface area contributed by atoms with Gasteiger partial charge in [-0.1, -0.05) is 0 Å². The Morgan fingerprint density at radius 1 is 1.44 bits per heavy atom. The largest absolute Gasteiger partial charge is 0.476 e. The highest BCUT2D eigenvalue weighted by Crippen LogP contribution is 2.22. The summed E-state index contributed by atoms with van der Waals surface area (Å²) in [7, 11) is 0. The van der Waals surface area contributed by atoms with Gasteiger partial charge in [0.1, 0.15) is 18.3 Å². The third kappa shape index (κ3) is 3.97. The Morgan fingerprint density at radius 3 is 2.75 bits per heavy atom. The minimum absolute atomic E-state index is 0.0119. The molecule has 0 aromatic carbocycles. The Hall–Kier alpha value is -0.820. The van der Waals surface area contributed by atoms with Crippen LogP contribution in [0.25, 0.3) is 0 Å². The molecule has 0 aromatic rings. The van der Waals surface area contributed by atoms with Crippen LogP contribution in [-0.2, 0) is 18.9 Å². The van der Waals surface area contributed by atoms with Crippen molar-refractivity contribution < 1.29 is 24.1 Å². The van der Waals surface area contributed by atoms with Gasteiger partial charge in [-0.2, -0.15) is 0 Å². The molecule has 0 radical (unpaired) electrons. The van der Waals surface area contributed by atoms with Gasteiger partial charge in [0.05, 0.1) is 0 Å². The smallest absolute Gasteiger partial charge is 0.162 e. The van der Waals surface area contributed by atoms with E-state index in [0.29, 0.717) is 6.73 Å². The number of hydrogen-bond donors (Lipinski definition) is 1. The summed E-state index contributed by atoms with van der Waals surface area (Å²) in [5.74, 6) is 0.862. The van der Waals surface area contributed by atoms with E-state index in [4.69, 9.17) is 19.3 Å². The predicted octanol–water partition coefficient (Wildman–Crippen LogP) is 0.788. The standard InChI is InChI=1S/C10H19NO5/c1-9-4-11(5-15-9)10(2,3)16-8-14-7-13-6-12/h4,12H,5-8H2,1-3H3. The van der Waals surface area contributed by atoms with Crippen LogP contribution < -0.4 is 0 Å². The number of nitrogens with zero attached hydrogens (tertiary/aromatic N) is 1. The number of allylic oxidation sites excluding steroid dienone is 1. The molecule has 1 rings (SSSR count). The van der Waals surface area contributed by atoms with Gasteiger partial charge in [-0.25, -0.2) is 0 Å². The van der Waals surface area contributed by atoms with Crippen molar-refractivity contribution in [2.45, 2.75) is 26.5 Å². The lowest BCUT2D eigenvalue weighted by Gasteiger charge is -2.33. The SMILES string of the molecule is CC1=CN(C(C)(C)OCOCOCO)CO1. The van der Waals surface area contributed by atoms with Crippen molar-refractivity contribution in [2.75, 3.05) is 27.1 Å². The normalized spacial score (nSPS) is 16.2. The topological polar surface area (TPSA) is 60.4 Å². The monoisotopic (exact) mass is 233 g/mol. The summed E-state index contributed by atoms with van der Waals surface area (Å²) in [5.41, 5.74) is -0.503. The summed E-state index contributed by atoms with van der Waals surface area (Å²) < 4.78 is 20.4. The molecule has 0 aromatic heterocycles. The summed E-state index contributed by atoms with van der Waals surface area (Å²) in [4.78, 5) is 1.93. The molecule has 94 valence electrons. The minimum atomic E-state index is -0.503. The molecule has 0 saturated heterocycles. The van der Waals surface area contributed by atoms with Crippen LogP contribution >= 0.6 is 0 Å². The first-order valence-electron chi connectivity index (χ1n) is 5.04. The van der Waals surface area contributed by atoms with E-state index in [1.807, 2.05) is 31.9 Å². The molecule has 1 N–H and O–H groups in total. The molecule has 0 bridgehead atoms. The van der Waals surface area contributed by atoms with E-state index < -0.39 is 5.72 Å². The van der Waals surface area contributed by atoms with Gasteiger partial charge < -0.3 is 29.0 Å². The van der Waals surface area contributed by atoms with Gasteiger partial charge in [0.15, 0.2) is 20.3 Å². The number of aliphatic hydroxyl groups excluding tert-OH is 1. The van der Waals surface area contributed by atoms with Gasteiger partial charge >= 0.3 is 0 Å². The van der Waals surface area contributed by atoms with Crippen molar-refractivity contribution in [1.82, 2.24) is 4.90 Å². The molecule has 0 amide bonds. The van der Waals surface area contributed by atoms with E-state index in [1.165, 1.54) is 0 Å². The van der Waals surface area contributed by atoms with Crippen LogP contribution in [0, 0.1) is 0 Å². The van der Waals surface area contributed by atoms with Crippen LogP contribution in [0.15, 0.2) is 12.0 Å². The first kappa shape index (κ1) is 13.2. The average molecular weight is 233 g/mol. The molecule has 0 unspecified atom stereocenters. The summed E-state index contributed by atoms with van der Waals surface area (Å²) in [6.45, 7) is 5.96. The molecule has 0 fully saturated rings. The van der Waals surface area contributed by atoms with Gasteiger partial charge in [-0.3, -0.25) is 0 Å². The summed E-state index contributed by atoms with van der Waals surface area (Å²) >= 11 is 0. The Morgan fingerprint density at radius 2 is 2.19 bits per heavy atom. The maximum absolute atomic E-state index is 8.35. The first-order valence-corrected chi connectivity index (χ1v) is 5.04. The van der Waals surface area contributed by atoms with E-state index in [0.717, 1.165) is 5.76 Å². The molecule has 0 saturated carbocycles. The zero-order valence-corrected chi connectivity index (χ0v) is 9.93. The molecule has 1 heterocycles. The number of rotatable bonds is 7. The van der Waals surface area contributed by atoms with E-state index in [-0.39, 0.29) is 20.4 Å². The molecule has 0 atom stereocenters. The van der Waals surface area contributed by atoms with Crippen molar-refractivity contribution in [3.05, 3.63) is 12.0 Å². The van der Waals surface area contributed by atoms with E-state index in [9.17, 15) is 0 Å². The van der Waals surface area contributed by atoms with E-state index in [2.05, 4.69) is 4.74 Å². The minimum Gasteiger partial charge on any atom is -0.476 e. The second-order valence-corrected chi connectivity index (χ2v) is 3.85. The van der Waals surface area contributed by atoms with Crippen molar-refractivity contribution >= 4 is 0 Å². The first-order chi connectivity index (χ1) is 7.56. The highest BCUT2D eigenvalue weighted by Gasteiger charge is 2.28. The molecular weight excluding hydrogens is 214 g/mol. The Kier molecular flexibility index (Phi) is 5.01. The Bertz CT molecular complexity index is 241. The molecule has 6 nitrogen and oxygen atoms in total. The fourth-order valence-corrected chi connectivity index (χ4v) is 1.18. The summed E-state index contributed by atoms with van der Waals surface area (Å²) in [6, 6.07) is 0. The third-order valence-electron chi connectivity index (χ3n) is 2.21. The van der Waals surface area contributed by atoms with Crippen LogP contribution in [0.5, 0.6) is 0 Å². The molecule has 0 spiro atoms. The van der Waals surface area contributed by atoms with Crippen LogP contribution in [-0.4, -0.2) is 42.8 Å². The maximum Gasteiger partial charge on any atom is 0.162 e. The van der Waals surface area contributed by atoms with Crippen molar-refractivity contribution in [3.8, 4) is 0 Å². The molecule has 0 aliphatic carbocycles. The van der Waals surface area contributed by atoms with Gasteiger partial charge in [0, 0.05) is 6.20 Å². The fourth-order valence-electron chi connectivity index (χ4n) is 1.18. The second-order valence-electron chi connectivity index (χ2n) is 3.85. The Balaban J connectivity index is 2.23. The van der Waals surface area contributed by atoms with Crippen molar-refractivity contribution in [2.24, 2.45) is 0 Å². The van der Waals surface area contributed by atoms with Crippen molar-refractivity contribution in [1.29, 1.82) is 0 Å². The summed E-state index contributed by atoms with van der Waals surface area (Å²) in [5, 5.41) is 8.35. The number of aliphatic hydroxyl groups is 1.